The lowest BCUT2D eigenvalue weighted by Gasteiger charge is -2.30. The van der Waals surface area contributed by atoms with Gasteiger partial charge in [-0.15, -0.1) is 0 Å². The molecular formula is C12H20F2N2O. The first-order valence-corrected chi connectivity index (χ1v) is 6.46. The Morgan fingerprint density at radius 1 is 1.12 bits per heavy atom. The van der Waals surface area contributed by atoms with Crippen LogP contribution in [0.15, 0.2) is 0 Å². The molecule has 2 aliphatic rings. The fraction of sp³-hybridized carbons (Fsp3) is 0.917. The lowest BCUT2D eigenvalue weighted by molar-refractivity contribution is -0.130. The van der Waals surface area contributed by atoms with E-state index >= 15 is 0 Å². The molecule has 0 aromatic rings. The van der Waals surface area contributed by atoms with Crippen molar-refractivity contribution in [2.24, 2.45) is 5.92 Å². The molecule has 1 heterocycles. The molecule has 0 unspecified atom stereocenters. The molecule has 2 fully saturated rings. The van der Waals surface area contributed by atoms with Gasteiger partial charge in [-0.05, 0) is 38.8 Å². The van der Waals surface area contributed by atoms with Crippen LogP contribution in [0.2, 0.25) is 0 Å². The molecule has 0 atom stereocenters. The van der Waals surface area contributed by atoms with Crippen molar-refractivity contribution < 1.29 is 13.6 Å². The van der Waals surface area contributed by atoms with E-state index in [1.165, 1.54) is 0 Å². The van der Waals surface area contributed by atoms with Gasteiger partial charge in [-0.1, -0.05) is 0 Å². The lowest BCUT2D eigenvalue weighted by Crippen LogP contribution is -2.45. The number of rotatable bonds is 2. The largest absolute Gasteiger partial charge is 0.353 e. The first-order valence-electron chi connectivity index (χ1n) is 6.46. The zero-order valence-corrected chi connectivity index (χ0v) is 9.98. The fourth-order valence-electron chi connectivity index (χ4n) is 2.59. The molecule has 1 saturated heterocycles. The van der Waals surface area contributed by atoms with Crippen LogP contribution < -0.4 is 10.6 Å². The number of amides is 1. The Morgan fingerprint density at radius 2 is 1.71 bits per heavy atom. The average Bonchev–Trinajstić information content (AvgIpc) is 2.30. The maximum Gasteiger partial charge on any atom is 0.248 e. The first-order chi connectivity index (χ1) is 8.07. The molecule has 1 amide bonds. The van der Waals surface area contributed by atoms with Gasteiger partial charge in [0.15, 0.2) is 0 Å². The Kier molecular flexibility index (Phi) is 3.97. The van der Waals surface area contributed by atoms with Gasteiger partial charge in [-0.2, -0.15) is 0 Å². The van der Waals surface area contributed by atoms with Crippen LogP contribution in [0.5, 0.6) is 0 Å². The highest BCUT2D eigenvalue weighted by Crippen LogP contribution is 2.36. The number of carbonyl (C=O) groups excluding carboxylic acids is 1. The van der Waals surface area contributed by atoms with Gasteiger partial charge in [-0.25, -0.2) is 8.78 Å². The highest BCUT2D eigenvalue weighted by Gasteiger charge is 2.37. The van der Waals surface area contributed by atoms with Gasteiger partial charge in [0.25, 0.3) is 0 Å². The zero-order chi connectivity index (χ0) is 12.3. The van der Waals surface area contributed by atoms with E-state index in [0.717, 1.165) is 25.9 Å². The Bertz CT molecular complexity index is 268. The second kappa shape index (κ2) is 5.29. The van der Waals surface area contributed by atoms with Crippen LogP contribution in [0.4, 0.5) is 8.78 Å². The van der Waals surface area contributed by atoms with Crippen LogP contribution in [0.25, 0.3) is 0 Å². The van der Waals surface area contributed by atoms with E-state index in [1.54, 1.807) is 0 Å². The molecule has 5 heteroatoms. The molecule has 17 heavy (non-hydrogen) atoms. The summed E-state index contributed by atoms with van der Waals surface area (Å²) in [5, 5.41) is 6.22. The summed E-state index contributed by atoms with van der Waals surface area (Å²) in [4.78, 5) is 11.9. The monoisotopic (exact) mass is 246 g/mol. The summed E-state index contributed by atoms with van der Waals surface area (Å²) < 4.78 is 25.9. The van der Waals surface area contributed by atoms with Crippen LogP contribution in [0, 0.1) is 5.92 Å². The van der Waals surface area contributed by atoms with Crippen molar-refractivity contribution in [3.05, 3.63) is 0 Å². The van der Waals surface area contributed by atoms with E-state index in [-0.39, 0.29) is 30.7 Å². The number of hydrogen-bond acceptors (Lipinski definition) is 2. The minimum Gasteiger partial charge on any atom is -0.353 e. The van der Waals surface area contributed by atoms with E-state index in [4.69, 9.17) is 0 Å². The summed E-state index contributed by atoms with van der Waals surface area (Å²) >= 11 is 0. The number of alkyl halides is 2. The predicted molar refractivity (Wildman–Crippen MR) is 60.9 cm³/mol. The maximum absolute atomic E-state index is 13.0. The van der Waals surface area contributed by atoms with Crippen molar-refractivity contribution in [3.8, 4) is 0 Å². The zero-order valence-electron chi connectivity index (χ0n) is 9.98. The fourth-order valence-corrected chi connectivity index (χ4v) is 2.59. The normalized spacial score (nSPS) is 26.7. The van der Waals surface area contributed by atoms with Crippen LogP contribution in [-0.2, 0) is 4.79 Å². The van der Waals surface area contributed by atoms with Crippen molar-refractivity contribution >= 4 is 5.91 Å². The van der Waals surface area contributed by atoms with Crippen molar-refractivity contribution in [1.29, 1.82) is 0 Å². The molecule has 2 rings (SSSR count). The Labute approximate surface area is 100 Å². The van der Waals surface area contributed by atoms with E-state index in [1.807, 2.05) is 0 Å². The predicted octanol–water partition coefficient (Wildman–Crippen LogP) is 1.68. The van der Waals surface area contributed by atoms with E-state index in [9.17, 15) is 13.6 Å². The molecule has 1 aliphatic heterocycles. The maximum atomic E-state index is 13.0. The summed E-state index contributed by atoms with van der Waals surface area (Å²) in [5.41, 5.74) is 0. The van der Waals surface area contributed by atoms with E-state index < -0.39 is 5.92 Å². The molecule has 0 aromatic heterocycles. The molecule has 2 N–H and O–H groups in total. The molecule has 1 saturated carbocycles. The molecule has 98 valence electrons. The average molecular weight is 246 g/mol. The number of piperidine rings is 1. The second-order valence-electron chi connectivity index (χ2n) is 5.16. The summed E-state index contributed by atoms with van der Waals surface area (Å²) in [5.74, 6) is -2.78. The van der Waals surface area contributed by atoms with Crippen molar-refractivity contribution in [2.75, 3.05) is 13.1 Å². The number of hydrogen-bond donors (Lipinski definition) is 2. The quantitative estimate of drug-likeness (QED) is 0.778. The molecule has 1 aliphatic carbocycles. The van der Waals surface area contributed by atoms with Gasteiger partial charge in [0.1, 0.15) is 0 Å². The number of halogens is 2. The van der Waals surface area contributed by atoms with E-state index in [0.29, 0.717) is 12.8 Å². The molecule has 0 spiro atoms. The highest BCUT2D eigenvalue weighted by molar-refractivity contribution is 5.79. The lowest BCUT2D eigenvalue weighted by atomic mass is 9.86. The minimum absolute atomic E-state index is 0.0209. The first kappa shape index (κ1) is 12.7. The molecule has 0 aromatic carbocycles. The number of nitrogens with one attached hydrogen (secondary N) is 2. The van der Waals surface area contributed by atoms with Gasteiger partial charge in [0.2, 0.25) is 11.8 Å². The van der Waals surface area contributed by atoms with Crippen molar-refractivity contribution in [2.45, 2.75) is 50.5 Å². The Balaban J connectivity index is 1.76. The summed E-state index contributed by atoms with van der Waals surface area (Å²) in [6.45, 7) is 1.85. The third kappa shape index (κ3) is 3.63. The van der Waals surface area contributed by atoms with Crippen LogP contribution in [0.3, 0.4) is 0 Å². The summed E-state index contributed by atoms with van der Waals surface area (Å²) in [6.07, 6.45) is 2.24. The smallest absolute Gasteiger partial charge is 0.248 e. The van der Waals surface area contributed by atoms with Crippen LogP contribution in [0.1, 0.15) is 38.5 Å². The molecule has 3 nitrogen and oxygen atoms in total. The van der Waals surface area contributed by atoms with Gasteiger partial charge in [0.05, 0.1) is 0 Å². The standard InChI is InChI=1S/C12H20F2N2O/c13-12(14)5-1-9(2-6-12)11(17)16-10-3-7-15-8-4-10/h9-10,15H,1-8H2,(H,16,17). The minimum atomic E-state index is -2.55. The summed E-state index contributed by atoms with van der Waals surface area (Å²) in [6, 6.07) is 0.228. The van der Waals surface area contributed by atoms with Gasteiger partial charge in [-0.3, -0.25) is 4.79 Å². The molecule has 0 bridgehead atoms. The summed E-state index contributed by atoms with van der Waals surface area (Å²) in [7, 11) is 0. The highest BCUT2D eigenvalue weighted by atomic mass is 19.3. The van der Waals surface area contributed by atoms with Gasteiger partial charge < -0.3 is 10.6 Å². The van der Waals surface area contributed by atoms with Crippen molar-refractivity contribution in [3.63, 3.8) is 0 Å². The molecule has 0 radical (unpaired) electrons. The molecular weight excluding hydrogens is 226 g/mol. The van der Waals surface area contributed by atoms with Gasteiger partial charge in [0, 0.05) is 24.8 Å². The topological polar surface area (TPSA) is 41.1 Å². The van der Waals surface area contributed by atoms with Crippen LogP contribution in [-0.4, -0.2) is 31.0 Å². The second-order valence-corrected chi connectivity index (χ2v) is 5.16. The van der Waals surface area contributed by atoms with Crippen LogP contribution >= 0.6 is 0 Å². The third-order valence-electron chi connectivity index (χ3n) is 3.77. The Hall–Kier alpha value is -0.710. The Morgan fingerprint density at radius 3 is 2.29 bits per heavy atom. The van der Waals surface area contributed by atoms with Gasteiger partial charge >= 0.3 is 0 Å². The third-order valence-corrected chi connectivity index (χ3v) is 3.77. The van der Waals surface area contributed by atoms with Crippen molar-refractivity contribution in [1.82, 2.24) is 10.6 Å². The van der Waals surface area contributed by atoms with E-state index in [2.05, 4.69) is 10.6 Å². The SMILES string of the molecule is O=C(NC1CCNCC1)C1CCC(F)(F)CC1. The number of carbonyl (C=O) groups is 1.